The lowest BCUT2D eigenvalue weighted by Crippen LogP contribution is -2.24. The number of rotatable bonds is 3. The highest BCUT2D eigenvalue weighted by Gasteiger charge is 2.13. The summed E-state index contributed by atoms with van der Waals surface area (Å²) in [6.07, 6.45) is 8.56. The van der Waals surface area contributed by atoms with E-state index in [0.29, 0.717) is 12.0 Å². The molecule has 1 heterocycles. The summed E-state index contributed by atoms with van der Waals surface area (Å²) in [5.74, 6) is 0.502. The van der Waals surface area contributed by atoms with Crippen molar-refractivity contribution >= 4 is 11.6 Å². The Morgan fingerprint density at radius 1 is 1.62 bits per heavy atom. The Hall–Kier alpha value is -1.52. The fourth-order valence-electron chi connectivity index (χ4n) is 2.01. The molecule has 1 fully saturated rings. The molecule has 1 aromatic heterocycles. The number of aliphatic imine (C=N–C) groups is 1. The van der Waals surface area contributed by atoms with Gasteiger partial charge in [-0.15, -0.1) is 0 Å². The molecule has 0 atom stereocenters. The molecule has 0 radical (unpaired) electrons. The van der Waals surface area contributed by atoms with E-state index in [1.165, 1.54) is 12.8 Å². The summed E-state index contributed by atoms with van der Waals surface area (Å²) in [6, 6.07) is 0.411. The topological polar surface area (TPSA) is 68.2 Å². The van der Waals surface area contributed by atoms with Crippen LogP contribution in [0.1, 0.15) is 32.6 Å². The zero-order valence-electron chi connectivity index (χ0n) is 9.69. The third-order valence-electron chi connectivity index (χ3n) is 2.88. The molecular formula is C11H19N5. The lowest BCUT2D eigenvalue weighted by atomic mass is 10.3. The summed E-state index contributed by atoms with van der Waals surface area (Å²) in [4.78, 5) is 4.45. The molecule has 1 saturated carbocycles. The molecule has 5 heteroatoms. The summed E-state index contributed by atoms with van der Waals surface area (Å²) >= 11 is 0. The second-order valence-electron chi connectivity index (χ2n) is 4.16. The van der Waals surface area contributed by atoms with Gasteiger partial charge in [-0.05, 0) is 19.8 Å². The quantitative estimate of drug-likeness (QED) is 0.601. The van der Waals surface area contributed by atoms with Gasteiger partial charge in [0.1, 0.15) is 0 Å². The molecule has 0 aromatic carbocycles. The van der Waals surface area contributed by atoms with Crippen molar-refractivity contribution in [1.82, 2.24) is 9.78 Å². The van der Waals surface area contributed by atoms with Crippen molar-refractivity contribution in [2.75, 3.05) is 5.32 Å². The first-order valence-corrected chi connectivity index (χ1v) is 5.90. The van der Waals surface area contributed by atoms with E-state index >= 15 is 0 Å². The summed E-state index contributed by atoms with van der Waals surface area (Å²) in [7, 11) is 0. The number of anilines is 1. The third kappa shape index (κ3) is 2.74. The van der Waals surface area contributed by atoms with Crippen LogP contribution in [0.4, 0.5) is 5.69 Å². The monoisotopic (exact) mass is 221 g/mol. The van der Waals surface area contributed by atoms with Crippen LogP contribution in [0.15, 0.2) is 17.4 Å². The van der Waals surface area contributed by atoms with Crippen molar-refractivity contribution < 1.29 is 0 Å². The fraction of sp³-hybridized carbons (Fsp3) is 0.636. The largest absolute Gasteiger partial charge is 0.370 e. The molecule has 1 aliphatic rings. The van der Waals surface area contributed by atoms with Crippen LogP contribution in [0, 0.1) is 0 Å². The van der Waals surface area contributed by atoms with Gasteiger partial charge in [-0.2, -0.15) is 5.10 Å². The first-order valence-electron chi connectivity index (χ1n) is 5.90. The summed E-state index contributed by atoms with van der Waals surface area (Å²) < 4.78 is 1.85. The minimum atomic E-state index is 0.411. The molecule has 0 amide bonds. The zero-order chi connectivity index (χ0) is 11.4. The highest BCUT2D eigenvalue weighted by molar-refractivity contribution is 5.92. The lowest BCUT2D eigenvalue weighted by molar-refractivity contribution is 0.660. The SMILES string of the molecule is CCn1cc(NC(N)=NC2CCCC2)cn1. The predicted octanol–water partition coefficient (Wildman–Crippen LogP) is 1.57. The van der Waals surface area contributed by atoms with E-state index in [0.717, 1.165) is 25.1 Å². The van der Waals surface area contributed by atoms with E-state index in [2.05, 4.69) is 15.4 Å². The van der Waals surface area contributed by atoms with Gasteiger partial charge in [0.2, 0.25) is 0 Å². The van der Waals surface area contributed by atoms with Gasteiger partial charge in [-0.3, -0.25) is 4.68 Å². The average Bonchev–Trinajstić information content (AvgIpc) is 2.89. The van der Waals surface area contributed by atoms with Gasteiger partial charge in [-0.25, -0.2) is 4.99 Å². The van der Waals surface area contributed by atoms with Crippen molar-refractivity contribution in [3.8, 4) is 0 Å². The van der Waals surface area contributed by atoms with Crippen LogP contribution in [0.5, 0.6) is 0 Å². The molecule has 0 bridgehead atoms. The van der Waals surface area contributed by atoms with E-state index in [1.54, 1.807) is 6.20 Å². The normalized spacial score (nSPS) is 17.9. The van der Waals surface area contributed by atoms with Gasteiger partial charge in [0, 0.05) is 12.7 Å². The maximum Gasteiger partial charge on any atom is 0.193 e. The molecule has 0 saturated heterocycles. The first kappa shape index (κ1) is 11.0. The molecule has 88 valence electrons. The number of nitrogens with zero attached hydrogens (tertiary/aromatic N) is 3. The molecule has 2 rings (SSSR count). The molecule has 0 unspecified atom stereocenters. The van der Waals surface area contributed by atoms with Crippen LogP contribution in [-0.2, 0) is 6.54 Å². The number of guanidine groups is 1. The minimum Gasteiger partial charge on any atom is -0.370 e. The molecule has 3 N–H and O–H groups in total. The number of hydrogen-bond acceptors (Lipinski definition) is 2. The average molecular weight is 221 g/mol. The van der Waals surface area contributed by atoms with Crippen LogP contribution >= 0.6 is 0 Å². The second-order valence-corrected chi connectivity index (χ2v) is 4.16. The maximum absolute atomic E-state index is 5.84. The third-order valence-corrected chi connectivity index (χ3v) is 2.88. The highest BCUT2D eigenvalue weighted by Crippen LogP contribution is 2.20. The number of aromatic nitrogens is 2. The Kier molecular flexibility index (Phi) is 3.44. The molecule has 16 heavy (non-hydrogen) atoms. The van der Waals surface area contributed by atoms with Crippen LogP contribution < -0.4 is 11.1 Å². The Balaban J connectivity index is 1.92. The number of aryl methyl sites for hydroxylation is 1. The van der Waals surface area contributed by atoms with Crippen molar-refractivity contribution in [2.45, 2.75) is 45.2 Å². The van der Waals surface area contributed by atoms with E-state index in [4.69, 9.17) is 5.73 Å². The second kappa shape index (κ2) is 5.01. The molecule has 0 spiro atoms. The van der Waals surface area contributed by atoms with Gasteiger partial charge >= 0.3 is 0 Å². The van der Waals surface area contributed by atoms with Crippen LogP contribution in [0.2, 0.25) is 0 Å². The van der Waals surface area contributed by atoms with E-state index < -0.39 is 0 Å². The molecule has 5 nitrogen and oxygen atoms in total. The van der Waals surface area contributed by atoms with Crippen LogP contribution in [0.25, 0.3) is 0 Å². The first-order chi connectivity index (χ1) is 7.78. The van der Waals surface area contributed by atoms with Crippen molar-refractivity contribution in [1.29, 1.82) is 0 Å². The van der Waals surface area contributed by atoms with E-state index in [-0.39, 0.29) is 0 Å². The van der Waals surface area contributed by atoms with Gasteiger partial charge in [-0.1, -0.05) is 12.8 Å². The lowest BCUT2D eigenvalue weighted by Gasteiger charge is -2.06. The van der Waals surface area contributed by atoms with Crippen LogP contribution in [-0.4, -0.2) is 21.8 Å². The van der Waals surface area contributed by atoms with Gasteiger partial charge in [0.05, 0.1) is 17.9 Å². The highest BCUT2D eigenvalue weighted by atomic mass is 15.3. The minimum absolute atomic E-state index is 0.411. The van der Waals surface area contributed by atoms with Gasteiger partial charge < -0.3 is 11.1 Å². The predicted molar refractivity (Wildman–Crippen MR) is 65.4 cm³/mol. The molecular weight excluding hydrogens is 202 g/mol. The number of nitrogens with one attached hydrogen (secondary N) is 1. The van der Waals surface area contributed by atoms with Crippen molar-refractivity contribution in [3.05, 3.63) is 12.4 Å². The Bertz CT molecular complexity index is 362. The molecule has 1 aromatic rings. The maximum atomic E-state index is 5.84. The van der Waals surface area contributed by atoms with Gasteiger partial charge in [0.25, 0.3) is 0 Å². The fourth-order valence-corrected chi connectivity index (χ4v) is 2.01. The number of nitrogens with two attached hydrogens (primary N) is 1. The van der Waals surface area contributed by atoms with E-state index in [9.17, 15) is 0 Å². The van der Waals surface area contributed by atoms with Crippen molar-refractivity contribution in [2.24, 2.45) is 10.7 Å². The Morgan fingerprint density at radius 3 is 3.00 bits per heavy atom. The summed E-state index contributed by atoms with van der Waals surface area (Å²) in [6.45, 7) is 2.91. The van der Waals surface area contributed by atoms with Crippen LogP contribution in [0.3, 0.4) is 0 Å². The standard InChI is InChI=1S/C11H19N5/c1-2-16-8-10(7-13-16)15-11(12)14-9-5-3-4-6-9/h7-9H,2-6H2,1H3,(H3,12,14,15). The summed E-state index contributed by atoms with van der Waals surface area (Å²) in [5.41, 5.74) is 6.74. The zero-order valence-corrected chi connectivity index (χ0v) is 9.69. The Morgan fingerprint density at radius 2 is 2.38 bits per heavy atom. The summed E-state index contributed by atoms with van der Waals surface area (Å²) in [5, 5.41) is 7.23. The molecule has 1 aliphatic carbocycles. The van der Waals surface area contributed by atoms with Crippen molar-refractivity contribution in [3.63, 3.8) is 0 Å². The smallest absolute Gasteiger partial charge is 0.193 e. The van der Waals surface area contributed by atoms with E-state index in [1.807, 2.05) is 17.8 Å². The van der Waals surface area contributed by atoms with Gasteiger partial charge in [0.15, 0.2) is 5.96 Å². The number of hydrogen-bond donors (Lipinski definition) is 2. The molecule has 0 aliphatic heterocycles. The Labute approximate surface area is 95.7 Å².